The molecule has 0 bridgehead atoms. The summed E-state index contributed by atoms with van der Waals surface area (Å²) in [6.07, 6.45) is 7.29. The zero-order valence-corrected chi connectivity index (χ0v) is 13.4. The van der Waals surface area contributed by atoms with Crippen molar-refractivity contribution in [3.63, 3.8) is 0 Å². The van der Waals surface area contributed by atoms with Gasteiger partial charge in [-0.25, -0.2) is 0 Å². The van der Waals surface area contributed by atoms with E-state index in [0.29, 0.717) is 0 Å². The minimum absolute atomic E-state index is 0.0185. The summed E-state index contributed by atoms with van der Waals surface area (Å²) >= 11 is 0. The number of hydrogen-bond donors (Lipinski definition) is 1. The van der Waals surface area contributed by atoms with Crippen LogP contribution in [0.1, 0.15) is 34.3 Å². The molecule has 4 heteroatoms. The fourth-order valence-electron chi connectivity index (χ4n) is 3.13. The van der Waals surface area contributed by atoms with Gasteiger partial charge in [0.1, 0.15) is 11.9 Å². The molecule has 2 atom stereocenters. The number of aromatic nitrogens is 2. The second-order valence-electron chi connectivity index (χ2n) is 5.92. The third kappa shape index (κ3) is 2.67. The maximum atomic E-state index is 5.00. The van der Waals surface area contributed by atoms with Crippen LogP contribution in [0.25, 0.3) is 0 Å². The SMILES string of the molecule is Cc1ccccc1C1=NC(c2ccncc2)C(c2ccncc2)N1. The Balaban J connectivity index is 1.77. The average Bonchev–Trinajstić information content (AvgIpc) is 3.09. The molecule has 0 saturated heterocycles. The Morgan fingerprint density at radius 1 is 0.792 bits per heavy atom. The van der Waals surface area contributed by atoms with Crippen LogP contribution in [0, 0.1) is 6.92 Å². The van der Waals surface area contributed by atoms with Crippen molar-refractivity contribution in [2.24, 2.45) is 4.99 Å². The highest BCUT2D eigenvalue weighted by Crippen LogP contribution is 2.36. The molecule has 24 heavy (non-hydrogen) atoms. The minimum atomic E-state index is 0.0185. The lowest BCUT2D eigenvalue weighted by molar-refractivity contribution is 0.571. The molecule has 1 N–H and O–H groups in total. The predicted octanol–water partition coefficient (Wildman–Crippen LogP) is 3.62. The van der Waals surface area contributed by atoms with Gasteiger partial charge in [0.25, 0.3) is 0 Å². The van der Waals surface area contributed by atoms with E-state index >= 15 is 0 Å². The molecule has 4 nitrogen and oxygen atoms in total. The number of hydrogen-bond acceptors (Lipinski definition) is 4. The van der Waals surface area contributed by atoms with Crippen LogP contribution >= 0.6 is 0 Å². The van der Waals surface area contributed by atoms with Gasteiger partial charge in [-0.15, -0.1) is 0 Å². The van der Waals surface area contributed by atoms with Crippen LogP contribution in [0.5, 0.6) is 0 Å². The summed E-state index contributed by atoms with van der Waals surface area (Å²) < 4.78 is 0. The number of benzene rings is 1. The van der Waals surface area contributed by atoms with E-state index in [1.54, 1.807) is 0 Å². The fraction of sp³-hybridized carbons (Fsp3) is 0.150. The van der Waals surface area contributed by atoms with E-state index in [2.05, 4.69) is 40.4 Å². The molecular weight excluding hydrogens is 296 g/mol. The topological polar surface area (TPSA) is 50.2 Å². The van der Waals surface area contributed by atoms with Crippen LogP contribution in [0.3, 0.4) is 0 Å². The third-order valence-electron chi connectivity index (χ3n) is 4.39. The highest BCUT2D eigenvalue weighted by atomic mass is 15.1. The molecule has 2 unspecified atom stereocenters. The van der Waals surface area contributed by atoms with E-state index in [0.717, 1.165) is 17.0 Å². The highest BCUT2D eigenvalue weighted by Gasteiger charge is 2.32. The largest absolute Gasteiger partial charge is 0.361 e. The number of pyridine rings is 2. The maximum Gasteiger partial charge on any atom is 0.129 e. The quantitative estimate of drug-likeness (QED) is 0.803. The number of nitrogens with one attached hydrogen (secondary N) is 1. The van der Waals surface area contributed by atoms with Gasteiger partial charge >= 0.3 is 0 Å². The molecule has 3 aromatic rings. The Labute approximate surface area is 141 Å². The second-order valence-corrected chi connectivity index (χ2v) is 5.92. The molecule has 2 aromatic heterocycles. The van der Waals surface area contributed by atoms with Crippen molar-refractivity contribution < 1.29 is 0 Å². The molecule has 0 fully saturated rings. The monoisotopic (exact) mass is 314 g/mol. The molecule has 0 aliphatic carbocycles. The minimum Gasteiger partial charge on any atom is -0.361 e. The molecule has 4 rings (SSSR count). The first-order valence-corrected chi connectivity index (χ1v) is 8.03. The van der Waals surface area contributed by atoms with Gasteiger partial charge in [0, 0.05) is 30.4 Å². The molecule has 0 radical (unpaired) electrons. The molecule has 118 valence electrons. The van der Waals surface area contributed by atoms with Crippen LogP contribution in [0.2, 0.25) is 0 Å². The first kappa shape index (κ1) is 14.6. The van der Waals surface area contributed by atoms with E-state index < -0.39 is 0 Å². The van der Waals surface area contributed by atoms with E-state index in [-0.39, 0.29) is 12.1 Å². The first-order chi connectivity index (χ1) is 11.8. The van der Waals surface area contributed by atoms with Gasteiger partial charge in [0.2, 0.25) is 0 Å². The van der Waals surface area contributed by atoms with Crippen LogP contribution < -0.4 is 5.32 Å². The Bertz CT molecular complexity index is 859. The van der Waals surface area contributed by atoms with Crippen LogP contribution in [-0.2, 0) is 0 Å². The van der Waals surface area contributed by atoms with Gasteiger partial charge in [0.15, 0.2) is 0 Å². The standard InChI is InChI=1S/C20H18N4/c1-14-4-2-3-5-17(14)20-23-18(15-6-10-21-11-7-15)19(24-20)16-8-12-22-13-9-16/h2-13,18-19H,1H3,(H,23,24). The predicted molar refractivity (Wildman–Crippen MR) is 94.8 cm³/mol. The summed E-state index contributed by atoms with van der Waals surface area (Å²) in [5, 5.41) is 3.61. The normalized spacial score (nSPS) is 19.6. The van der Waals surface area contributed by atoms with Crippen molar-refractivity contribution >= 4 is 5.84 Å². The van der Waals surface area contributed by atoms with E-state index in [4.69, 9.17) is 4.99 Å². The number of aryl methyl sites for hydroxylation is 1. The van der Waals surface area contributed by atoms with Crippen molar-refractivity contribution in [1.29, 1.82) is 0 Å². The summed E-state index contributed by atoms with van der Waals surface area (Å²) in [7, 11) is 0. The molecule has 3 heterocycles. The smallest absolute Gasteiger partial charge is 0.129 e. The zero-order valence-electron chi connectivity index (χ0n) is 13.4. The van der Waals surface area contributed by atoms with Crippen molar-refractivity contribution in [2.45, 2.75) is 19.0 Å². The summed E-state index contributed by atoms with van der Waals surface area (Å²) in [5.74, 6) is 0.941. The Morgan fingerprint density at radius 3 is 2.08 bits per heavy atom. The fourth-order valence-corrected chi connectivity index (χ4v) is 3.13. The summed E-state index contributed by atoms with van der Waals surface area (Å²) in [5.41, 5.74) is 4.70. The average molecular weight is 314 g/mol. The first-order valence-electron chi connectivity index (χ1n) is 8.03. The van der Waals surface area contributed by atoms with Gasteiger partial charge in [0.05, 0.1) is 6.04 Å². The summed E-state index contributed by atoms with van der Waals surface area (Å²) in [6, 6.07) is 16.6. The van der Waals surface area contributed by atoms with Gasteiger partial charge in [-0.1, -0.05) is 24.3 Å². The molecule has 1 aliphatic heterocycles. The molecular formula is C20H18N4. The van der Waals surface area contributed by atoms with E-state index in [1.165, 1.54) is 11.1 Å². The van der Waals surface area contributed by atoms with Gasteiger partial charge in [-0.05, 0) is 47.9 Å². The van der Waals surface area contributed by atoms with Gasteiger partial charge in [-0.3, -0.25) is 15.0 Å². The van der Waals surface area contributed by atoms with Crippen LogP contribution in [0.4, 0.5) is 0 Å². The second kappa shape index (κ2) is 6.24. The van der Waals surface area contributed by atoms with Crippen LogP contribution in [-0.4, -0.2) is 15.8 Å². The summed E-state index contributed by atoms with van der Waals surface area (Å²) in [6.45, 7) is 2.11. The summed E-state index contributed by atoms with van der Waals surface area (Å²) in [4.78, 5) is 13.3. The van der Waals surface area contributed by atoms with Crippen molar-refractivity contribution in [3.05, 3.63) is 95.6 Å². The van der Waals surface area contributed by atoms with E-state index in [1.807, 2.05) is 55.1 Å². The van der Waals surface area contributed by atoms with E-state index in [9.17, 15) is 0 Å². The molecule has 0 amide bonds. The van der Waals surface area contributed by atoms with Crippen molar-refractivity contribution in [1.82, 2.24) is 15.3 Å². The highest BCUT2D eigenvalue weighted by molar-refractivity contribution is 6.01. The Hall–Kier alpha value is -3.01. The lowest BCUT2D eigenvalue weighted by Gasteiger charge is -2.19. The molecule has 0 spiro atoms. The van der Waals surface area contributed by atoms with Crippen LogP contribution in [0.15, 0.2) is 78.3 Å². The third-order valence-corrected chi connectivity index (χ3v) is 4.39. The zero-order chi connectivity index (χ0) is 16.4. The molecule has 1 aliphatic rings. The maximum absolute atomic E-state index is 5.00. The van der Waals surface area contributed by atoms with Crippen molar-refractivity contribution in [3.8, 4) is 0 Å². The van der Waals surface area contributed by atoms with Crippen molar-refractivity contribution in [2.75, 3.05) is 0 Å². The van der Waals surface area contributed by atoms with Gasteiger partial charge < -0.3 is 5.32 Å². The van der Waals surface area contributed by atoms with Gasteiger partial charge in [-0.2, -0.15) is 0 Å². The Kier molecular flexibility index (Phi) is 3.79. The number of amidine groups is 1. The lowest BCUT2D eigenvalue weighted by atomic mass is 9.96. The molecule has 1 aromatic carbocycles. The number of aliphatic imine (C=N–C) groups is 1. The number of rotatable bonds is 3. The number of nitrogens with zero attached hydrogens (tertiary/aromatic N) is 3. The Morgan fingerprint density at radius 2 is 1.42 bits per heavy atom. The molecule has 0 saturated carbocycles. The lowest BCUT2D eigenvalue weighted by Crippen LogP contribution is -2.25.